The summed E-state index contributed by atoms with van der Waals surface area (Å²) >= 11 is 0. The fourth-order valence-corrected chi connectivity index (χ4v) is 4.21. The second-order valence-corrected chi connectivity index (χ2v) is 8.81. The molecule has 6 heteroatoms. The van der Waals surface area contributed by atoms with Crippen molar-refractivity contribution < 1.29 is 29.0 Å². The van der Waals surface area contributed by atoms with E-state index in [1.165, 1.54) is 39.5 Å². The first-order valence-corrected chi connectivity index (χ1v) is 12.2. The number of hydrogen-bond acceptors (Lipinski definition) is 5. The smallest absolute Gasteiger partial charge is 0.303 e. The van der Waals surface area contributed by atoms with E-state index in [0.717, 1.165) is 32.1 Å². The van der Waals surface area contributed by atoms with Gasteiger partial charge in [-0.15, -0.1) is 0 Å². The van der Waals surface area contributed by atoms with Gasteiger partial charge in [0, 0.05) is 26.2 Å². The zero-order valence-corrected chi connectivity index (χ0v) is 20.1. The molecule has 0 amide bonds. The summed E-state index contributed by atoms with van der Waals surface area (Å²) in [6.45, 7) is 5.04. The van der Waals surface area contributed by atoms with Crippen LogP contribution in [-0.2, 0) is 23.9 Å². The number of esters is 2. The average molecular weight is 451 g/mol. The Balaban J connectivity index is 2.53. The molecular weight excluding hydrogens is 408 g/mol. The van der Waals surface area contributed by atoms with Gasteiger partial charge in [-0.05, 0) is 50.5 Å². The Hall–Kier alpha value is -2.11. The van der Waals surface area contributed by atoms with Crippen molar-refractivity contribution in [3.05, 3.63) is 24.3 Å². The highest BCUT2D eigenvalue weighted by atomic mass is 16.5. The van der Waals surface area contributed by atoms with Crippen molar-refractivity contribution in [1.29, 1.82) is 0 Å². The molecule has 0 aliphatic heterocycles. The summed E-state index contributed by atoms with van der Waals surface area (Å²) in [6, 6.07) is 0. The van der Waals surface area contributed by atoms with E-state index in [4.69, 9.17) is 14.6 Å². The van der Waals surface area contributed by atoms with Gasteiger partial charge in [-0.1, -0.05) is 57.3 Å². The summed E-state index contributed by atoms with van der Waals surface area (Å²) in [5.74, 6) is -0.882. The molecule has 182 valence electrons. The first kappa shape index (κ1) is 27.9. The van der Waals surface area contributed by atoms with Crippen LogP contribution < -0.4 is 0 Å². The van der Waals surface area contributed by atoms with Gasteiger partial charge in [0.15, 0.2) is 0 Å². The van der Waals surface area contributed by atoms with Crippen LogP contribution in [0.3, 0.4) is 0 Å². The van der Waals surface area contributed by atoms with Crippen molar-refractivity contribution in [2.24, 2.45) is 11.8 Å². The van der Waals surface area contributed by atoms with Crippen LogP contribution in [0.5, 0.6) is 0 Å². The van der Waals surface area contributed by atoms with E-state index >= 15 is 0 Å². The molecule has 0 saturated heterocycles. The highest BCUT2D eigenvalue weighted by Crippen LogP contribution is 2.40. The van der Waals surface area contributed by atoms with Crippen molar-refractivity contribution in [2.75, 3.05) is 0 Å². The van der Waals surface area contributed by atoms with Gasteiger partial charge in [0.2, 0.25) is 0 Å². The van der Waals surface area contributed by atoms with E-state index in [1.807, 2.05) is 18.2 Å². The van der Waals surface area contributed by atoms with Gasteiger partial charge in [-0.2, -0.15) is 0 Å². The van der Waals surface area contributed by atoms with Gasteiger partial charge >= 0.3 is 17.9 Å². The Morgan fingerprint density at radius 2 is 1.59 bits per heavy atom. The van der Waals surface area contributed by atoms with Crippen molar-refractivity contribution >= 4 is 17.9 Å². The fraction of sp³-hybridized carbons (Fsp3) is 0.731. The fourth-order valence-electron chi connectivity index (χ4n) is 4.21. The highest BCUT2D eigenvalue weighted by Gasteiger charge is 2.36. The van der Waals surface area contributed by atoms with Crippen LogP contribution in [-0.4, -0.2) is 35.2 Å². The highest BCUT2D eigenvalue weighted by molar-refractivity contribution is 5.67. The lowest BCUT2D eigenvalue weighted by molar-refractivity contribution is -0.153. The number of ether oxygens (including phenoxy) is 2. The largest absolute Gasteiger partial charge is 0.481 e. The molecule has 0 radical (unpaired) electrons. The number of aliphatic carboxylic acids is 1. The average Bonchev–Trinajstić information content (AvgIpc) is 2.68. The van der Waals surface area contributed by atoms with Crippen LogP contribution in [0.1, 0.15) is 97.8 Å². The van der Waals surface area contributed by atoms with E-state index in [9.17, 15) is 14.4 Å². The standard InChI is InChI=1S/C26H42O6/c1-4-5-6-7-8-9-14-23(31-20(2)27)15-11-10-13-22-18-19-24(22)25(32-21(3)28)16-12-17-26(29)30/h10-11,13,15,22-25H,4-9,12,14,16-19H2,1-3H3,(H,29,30)/b13-10+,15-11+/t22-,23?,24-,25?/m1/s1. The van der Waals surface area contributed by atoms with E-state index < -0.39 is 5.97 Å². The topological polar surface area (TPSA) is 89.9 Å². The zero-order chi connectivity index (χ0) is 23.8. The van der Waals surface area contributed by atoms with E-state index in [-0.39, 0.29) is 36.5 Å². The first-order valence-electron chi connectivity index (χ1n) is 12.2. The van der Waals surface area contributed by atoms with Crippen LogP contribution in [0.25, 0.3) is 0 Å². The number of carboxylic acid groups (broad SMARTS) is 1. The van der Waals surface area contributed by atoms with Crippen LogP contribution in [0, 0.1) is 11.8 Å². The van der Waals surface area contributed by atoms with Gasteiger partial charge in [0.1, 0.15) is 12.2 Å². The van der Waals surface area contributed by atoms with Gasteiger partial charge in [-0.25, -0.2) is 0 Å². The van der Waals surface area contributed by atoms with Crippen molar-refractivity contribution in [1.82, 2.24) is 0 Å². The molecule has 4 atom stereocenters. The molecule has 1 aliphatic rings. The quantitative estimate of drug-likeness (QED) is 0.166. The van der Waals surface area contributed by atoms with E-state index in [1.54, 1.807) is 0 Å². The summed E-state index contributed by atoms with van der Waals surface area (Å²) in [6.07, 6.45) is 18.7. The van der Waals surface area contributed by atoms with Gasteiger partial charge < -0.3 is 14.6 Å². The monoisotopic (exact) mass is 450 g/mol. The van der Waals surface area contributed by atoms with Crippen molar-refractivity contribution in [2.45, 2.75) is 110 Å². The first-order chi connectivity index (χ1) is 15.3. The minimum atomic E-state index is -0.829. The van der Waals surface area contributed by atoms with Gasteiger partial charge in [0.05, 0.1) is 0 Å². The van der Waals surface area contributed by atoms with Crippen molar-refractivity contribution in [3.8, 4) is 0 Å². The summed E-state index contributed by atoms with van der Waals surface area (Å²) < 4.78 is 10.9. The molecule has 1 fully saturated rings. The second kappa shape index (κ2) is 16.5. The molecule has 0 spiro atoms. The molecule has 2 unspecified atom stereocenters. The summed E-state index contributed by atoms with van der Waals surface area (Å²) in [7, 11) is 0. The number of carbonyl (C=O) groups is 3. The zero-order valence-electron chi connectivity index (χ0n) is 20.1. The molecular formula is C26H42O6. The molecule has 32 heavy (non-hydrogen) atoms. The Morgan fingerprint density at radius 3 is 2.19 bits per heavy atom. The van der Waals surface area contributed by atoms with Crippen LogP contribution in [0.15, 0.2) is 24.3 Å². The predicted octanol–water partition coefficient (Wildman–Crippen LogP) is 5.99. The maximum Gasteiger partial charge on any atom is 0.303 e. The molecule has 0 aromatic heterocycles. The number of rotatable bonds is 17. The molecule has 0 aromatic rings. The predicted molar refractivity (Wildman–Crippen MR) is 125 cm³/mol. The normalized spacial score (nSPS) is 20.1. The second-order valence-electron chi connectivity index (χ2n) is 8.81. The number of carbonyl (C=O) groups excluding carboxylic acids is 2. The lowest BCUT2D eigenvalue weighted by atomic mass is 9.69. The summed E-state index contributed by atoms with van der Waals surface area (Å²) in [4.78, 5) is 33.7. The molecule has 1 N–H and O–H groups in total. The molecule has 0 heterocycles. The lowest BCUT2D eigenvalue weighted by Gasteiger charge is -2.39. The van der Waals surface area contributed by atoms with Crippen LogP contribution in [0.2, 0.25) is 0 Å². The minimum absolute atomic E-state index is 0.0872. The number of unbranched alkanes of at least 4 members (excludes halogenated alkanes) is 5. The third-order valence-corrected chi connectivity index (χ3v) is 6.01. The number of allylic oxidation sites excluding steroid dienone is 3. The van der Waals surface area contributed by atoms with Crippen molar-refractivity contribution in [3.63, 3.8) is 0 Å². The van der Waals surface area contributed by atoms with Crippen LogP contribution >= 0.6 is 0 Å². The molecule has 1 saturated carbocycles. The van der Waals surface area contributed by atoms with E-state index in [0.29, 0.717) is 18.8 Å². The maximum atomic E-state index is 11.5. The Labute approximate surface area is 193 Å². The van der Waals surface area contributed by atoms with Crippen LogP contribution in [0.4, 0.5) is 0 Å². The Morgan fingerprint density at radius 1 is 0.906 bits per heavy atom. The summed E-state index contributed by atoms with van der Waals surface area (Å²) in [5.41, 5.74) is 0. The lowest BCUT2D eigenvalue weighted by Crippen LogP contribution is -2.37. The third kappa shape index (κ3) is 12.7. The molecule has 1 rings (SSSR count). The Kier molecular flexibility index (Phi) is 14.4. The third-order valence-electron chi connectivity index (χ3n) is 6.01. The van der Waals surface area contributed by atoms with Gasteiger partial charge in [0.25, 0.3) is 0 Å². The summed E-state index contributed by atoms with van der Waals surface area (Å²) in [5, 5.41) is 8.86. The number of carboxylic acids is 1. The maximum absolute atomic E-state index is 11.5. The van der Waals surface area contributed by atoms with E-state index in [2.05, 4.69) is 13.0 Å². The minimum Gasteiger partial charge on any atom is -0.481 e. The molecule has 0 aromatic carbocycles. The molecule has 6 nitrogen and oxygen atoms in total. The van der Waals surface area contributed by atoms with Gasteiger partial charge in [-0.3, -0.25) is 14.4 Å². The molecule has 1 aliphatic carbocycles. The molecule has 0 bridgehead atoms. The SMILES string of the molecule is CCCCCCCCC(/C=C/C=C/[C@@H]1CC[C@H]1C(CCCC(=O)O)OC(C)=O)OC(C)=O. The Bertz CT molecular complexity index is 624. The number of hydrogen-bond donors (Lipinski definition) is 1.